The van der Waals surface area contributed by atoms with E-state index in [2.05, 4.69) is 19.2 Å². The van der Waals surface area contributed by atoms with Crippen molar-refractivity contribution in [1.82, 2.24) is 10.2 Å². The van der Waals surface area contributed by atoms with Gasteiger partial charge in [-0.3, -0.25) is 0 Å². The predicted octanol–water partition coefficient (Wildman–Crippen LogP) is -0.0822. The van der Waals surface area contributed by atoms with E-state index in [1.54, 1.807) is 7.11 Å². The van der Waals surface area contributed by atoms with Gasteiger partial charge in [0.05, 0.1) is 33.0 Å². The summed E-state index contributed by atoms with van der Waals surface area (Å²) in [6.07, 6.45) is 0. The van der Waals surface area contributed by atoms with Crippen LogP contribution in [-0.4, -0.2) is 80.9 Å². The van der Waals surface area contributed by atoms with Crippen LogP contribution in [0.3, 0.4) is 0 Å². The quantitative estimate of drug-likeness (QED) is 0.439. The van der Waals surface area contributed by atoms with Crippen LogP contribution in [0.2, 0.25) is 0 Å². The molecule has 3 N–H and O–H groups in total. The number of ether oxygens (including phenoxy) is 2. The first-order valence-corrected chi connectivity index (χ1v) is 7.37. The summed E-state index contributed by atoms with van der Waals surface area (Å²) in [4.78, 5) is 13.6. The second-order valence-corrected chi connectivity index (χ2v) is 5.19. The van der Waals surface area contributed by atoms with E-state index in [0.29, 0.717) is 32.2 Å². The largest absolute Gasteiger partial charge is 0.395 e. The third kappa shape index (κ3) is 9.62. The van der Waals surface area contributed by atoms with Crippen LogP contribution < -0.4 is 5.32 Å². The molecule has 1 atom stereocenters. The van der Waals surface area contributed by atoms with Crippen LogP contribution in [0.5, 0.6) is 0 Å². The van der Waals surface area contributed by atoms with Gasteiger partial charge in [0.1, 0.15) is 0 Å². The van der Waals surface area contributed by atoms with Gasteiger partial charge in [-0.15, -0.1) is 0 Å². The Bertz CT molecular complexity index is 264. The number of aliphatic hydroxyl groups excluding tert-OH is 2. The molecule has 0 spiro atoms. The molecule has 0 aromatic carbocycles. The summed E-state index contributed by atoms with van der Waals surface area (Å²) in [5.74, 6) is 0.657. The molecule has 0 aliphatic rings. The number of urea groups is 1. The summed E-state index contributed by atoms with van der Waals surface area (Å²) in [5.41, 5.74) is 0. The van der Waals surface area contributed by atoms with E-state index in [1.165, 1.54) is 4.90 Å². The Morgan fingerprint density at radius 2 is 1.90 bits per heavy atom. The van der Waals surface area contributed by atoms with Crippen LogP contribution in [-0.2, 0) is 9.47 Å². The van der Waals surface area contributed by atoms with Crippen molar-refractivity contribution in [1.29, 1.82) is 0 Å². The molecule has 2 amide bonds. The number of carbonyl (C=O) groups is 1. The standard InChI is InChI=1S/C14H30N2O5/c1-12(2)13(11-20-3)10-15-14(19)16(4-6-17)5-8-21-9-7-18/h12-13,17-18H,4-11H2,1-3H3,(H,15,19). The summed E-state index contributed by atoms with van der Waals surface area (Å²) in [7, 11) is 1.65. The van der Waals surface area contributed by atoms with Crippen molar-refractivity contribution in [2.45, 2.75) is 13.8 Å². The number of methoxy groups -OCH3 is 1. The Balaban J connectivity index is 4.20. The molecular weight excluding hydrogens is 276 g/mol. The smallest absolute Gasteiger partial charge is 0.317 e. The van der Waals surface area contributed by atoms with E-state index in [1.807, 2.05) is 0 Å². The van der Waals surface area contributed by atoms with E-state index in [9.17, 15) is 4.79 Å². The van der Waals surface area contributed by atoms with Crippen LogP contribution in [0.25, 0.3) is 0 Å². The Labute approximate surface area is 127 Å². The van der Waals surface area contributed by atoms with Crippen molar-refractivity contribution in [2.24, 2.45) is 11.8 Å². The van der Waals surface area contributed by atoms with Crippen molar-refractivity contribution >= 4 is 6.03 Å². The van der Waals surface area contributed by atoms with Crippen molar-refractivity contribution in [2.75, 3.05) is 59.8 Å². The minimum atomic E-state index is -0.224. The highest BCUT2D eigenvalue weighted by Crippen LogP contribution is 2.09. The Hall–Kier alpha value is -0.890. The third-order valence-electron chi connectivity index (χ3n) is 3.24. The fourth-order valence-electron chi connectivity index (χ4n) is 1.81. The van der Waals surface area contributed by atoms with Crippen molar-refractivity contribution in [3.05, 3.63) is 0 Å². The fraction of sp³-hybridized carbons (Fsp3) is 0.929. The van der Waals surface area contributed by atoms with Gasteiger partial charge in [-0.1, -0.05) is 13.8 Å². The number of hydrogen-bond acceptors (Lipinski definition) is 5. The number of carbonyl (C=O) groups excluding carboxylic acids is 1. The second-order valence-electron chi connectivity index (χ2n) is 5.19. The molecule has 0 saturated heterocycles. The summed E-state index contributed by atoms with van der Waals surface area (Å²) in [5, 5.41) is 20.5. The molecule has 7 heteroatoms. The second kappa shape index (κ2) is 12.8. The molecule has 126 valence electrons. The lowest BCUT2D eigenvalue weighted by atomic mass is 9.97. The molecule has 0 rings (SSSR count). The molecule has 0 radical (unpaired) electrons. The van der Waals surface area contributed by atoms with Gasteiger partial charge in [-0.25, -0.2) is 4.79 Å². The lowest BCUT2D eigenvalue weighted by Crippen LogP contribution is -2.45. The van der Waals surface area contributed by atoms with Crippen LogP contribution in [0, 0.1) is 11.8 Å². The Morgan fingerprint density at radius 3 is 2.43 bits per heavy atom. The Kier molecular flexibility index (Phi) is 12.3. The SMILES string of the molecule is COCC(CNC(=O)N(CCO)CCOCCO)C(C)C. The lowest BCUT2D eigenvalue weighted by molar-refractivity contribution is 0.0748. The number of aliphatic hydroxyl groups is 2. The summed E-state index contributed by atoms with van der Waals surface area (Å²) in [6.45, 7) is 6.37. The average molecular weight is 306 g/mol. The van der Waals surface area contributed by atoms with Gasteiger partial charge in [0.2, 0.25) is 0 Å². The molecule has 0 heterocycles. The van der Waals surface area contributed by atoms with E-state index < -0.39 is 0 Å². The third-order valence-corrected chi connectivity index (χ3v) is 3.24. The number of nitrogens with zero attached hydrogens (tertiary/aromatic N) is 1. The summed E-state index contributed by atoms with van der Waals surface area (Å²) < 4.78 is 10.3. The van der Waals surface area contributed by atoms with Gasteiger partial charge in [0, 0.05) is 32.7 Å². The molecule has 0 aromatic heterocycles. The van der Waals surface area contributed by atoms with Crippen molar-refractivity contribution in [3.63, 3.8) is 0 Å². The number of rotatable bonds is 12. The molecule has 1 unspecified atom stereocenters. The van der Waals surface area contributed by atoms with Gasteiger partial charge in [-0.05, 0) is 5.92 Å². The highest BCUT2D eigenvalue weighted by atomic mass is 16.5. The zero-order valence-electron chi connectivity index (χ0n) is 13.4. The van der Waals surface area contributed by atoms with Crippen molar-refractivity contribution < 1.29 is 24.5 Å². The molecular formula is C14H30N2O5. The molecule has 0 saturated carbocycles. The molecule has 0 aliphatic heterocycles. The average Bonchev–Trinajstić information content (AvgIpc) is 2.46. The molecule has 0 fully saturated rings. The lowest BCUT2D eigenvalue weighted by Gasteiger charge is -2.25. The molecule has 7 nitrogen and oxygen atoms in total. The predicted molar refractivity (Wildman–Crippen MR) is 80.2 cm³/mol. The first-order chi connectivity index (χ1) is 10.1. The van der Waals surface area contributed by atoms with Crippen LogP contribution >= 0.6 is 0 Å². The maximum absolute atomic E-state index is 12.1. The van der Waals surface area contributed by atoms with Gasteiger partial charge in [-0.2, -0.15) is 0 Å². The normalized spacial score (nSPS) is 12.5. The van der Waals surface area contributed by atoms with Crippen LogP contribution in [0.1, 0.15) is 13.8 Å². The number of nitrogens with one attached hydrogen (secondary N) is 1. The maximum atomic E-state index is 12.1. The summed E-state index contributed by atoms with van der Waals surface area (Å²) in [6, 6.07) is -0.224. The minimum absolute atomic E-state index is 0.0424. The topological polar surface area (TPSA) is 91.3 Å². The zero-order valence-corrected chi connectivity index (χ0v) is 13.4. The van der Waals surface area contributed by atoms with Gasteiger partial charge in [0.15, 0.2) is 0 Å². The first-order valence-electron chi connectivity index (χ1n) is 7.37. The minimum Gasteiger partial charge on any atom is -0.395 e. The fourth-order valence-corrected chi connectivity index (χ4v) is 1.81. The van der Waals surface area contributed by atoms with E-state index in [0.717, 1.165) is 0 Å². The van der Waals surface area contributed by atoms with Gasteiger partial charge in [0.25, 0.3) is 0 Å². The van der Waals surface area contributed by atoms with Crippen LogP contribution in [0.15, 0.2) is 0 Å². The van der Waals surface area contributed by atoms with E-state index in [4.69, 9.17) is 19.7 Å². The van der Waals surface area contributed by atoms with Crippen molar-refractivity contribution in [3.8, 4) is 0 Å². The number of amides is 2. The van der Waals surface area contributed by atoms with E-state index in [-0.39, 0.29) is 38.3 Å². The van der Waals surface area contributed by atoms with E-state index >= 15 is 0 Å². The maximum Gasteiger partial charge on any atom is 0.317 e. The highest BCUT2D eigenvalue weighted by Gasteiger charge is 2.17. The summed E-state index contributed by atoms with van der Waals surface area (Å²) >= 11 is 0. The highest BCUT2D eigenvalue weighted by molar-refractivity contribution is 5.74. The molecule has 21 heavy (non-hydrogen) atoms. The van der Waals surface area contributed by atoms with Gasteiger partial charge < -0.3 is 29.9 Å². The monoisotopic (exact) mass is 306 g/mol. The Morgan fingerprint density at radius 1 is 1.19 bits per heavy atom. The number of hydrogen-bond donors (Lipinski definition) is 3. The molecule has 0 aliphatic carbocycles. The molecule has 0 aromatic rings. The van der Waals surface area contributed by atoms with Gasteiger partial charge >= 0.3 is 6.03 Å². The molecule has 0 bridgehead atoms. The first kappa shape index (κ1) is 20.1. The van der Waals surface area contributed by atoms with Crippen LogP contribution in [0.4, 0.5) is 4.79 Å². The zero-order chi connectivity index (χ0) is 16.1.